The average Bonchev–Trinajstić information content (AvgIpc) is 3.17. The molecule has 1 amide bonds. The van der Waals surface area contributed by atoms with Crippen LogP contribution in [0.25, 0.3) is 17.0 Å². The molecule has 1 N–H and O–H groups in total. The van der Waals surface area contributed by atoms with E-state index in [-0.39, 0.29) is 12.6 Å². The molecule has 0 fully saturated rings. The Bertz CT molecular complexity index is 1480. The zero-order valence-corrected chi connectivity index (χ0v) is 19.9. The monoisotopic (exact) mass is 510 g/mol. The lowest BCUT2D eigenvalue weighted by atomic mass is 10.0. The molecule has 0 spiro atoms. The van der Waals surface area contributed by atoms with Crippen LogP contribution in [0.5, 0.6) is 0 Å². The number of carbonyl (C=O) groups excluding carboxylic acids is 1. The molecule has 2 aromatic heterocycles. The van der Waals surface area contributed by atoms with E-state index < -0.39 is 17.6 Å². The van der Waals surface area contributed by atoms with Crippen molar-refractivity contribution >= 4 is 34.6 Å². The first-order valence-corrected chi connectivity index (χ1v) is 11.8. The summed E-state index contributed by atoms with van der Waals surface area (Å²) in [5.74, 6) is -2.35. The number of pyridine rings is 1. The Morgan fingerprint density at radius 2 is 1.94 bits per heavy atom. The SMILES string of the molecule is O=C(NCc1ccnc(F)c1)n1c2c(c3ccc(Cl)cc31)CN(C/C=C/c1ccc(F)c(F)c1)CC2. The zero-order valence-electron chi connectivity index (χ0n) is 19.1. The van der Waals surface area contributed by atoms with Crippen LogP contribution in [-0.4, -0.2) is 33.6 Å². The summed E-state index contributed by atoms with van der Waals surface area (Å²) >= 11 is 6.26. The number of hydrogen-bond donors (Lipinski definition) is 1. The smallest absolute Gasteiger partial charge is 0.326 e. The molecular formula is C27H22ClF3N4O. The molecule has 0 aliphatic carbocycles. The van der Waals surface area contributed by atoms with E-state index in [9.17, 15) is 18.0 Å². The molecule has 2 aromatic carbocycles. The second kappa shape index (κ2) is 10.2. The minimum atomic E-state index is -0.876. The Morgan fingerprint density at radius 3 is 2.75 bits per heavy atom. The van der Waals surface area contributed by atoms with Crippen LogP contribution >= 0.6 is 11.6 Å². The second-order valence-electron chi connectivity index (χ2n) is 8.63. The summed E-state index contributed by atoms with van der Waals surface area (Å²) in [6.45, 7) is 2.10. The zero-order chi connectivity index (χ0) is 25.2. The molecule has 3 heterocycles. The van der Waals surface area contributed by atoms with Gasteiger partial charge in [0, 0.05) is 54.9 Å². The summed E-state index contributed by atoms with van der Waals surface area (Å²) in [7, 11) is 0. The van der Waals surface area contributed by atoms with E-state index >= 15 is 0 Å². The fourth-order valence-corrected chi connectivity index (χ4v) is 4.70. The van der Waals surface area contributed by atoms with Crippen LogP contribution in [0.2, 0.25) is 5.02 Å². The lowest BCUT2D eigenvalue weighted by Gasteiger charge is -2.27. The lowest BCUT2D eigenvalue weighted by molar-refractivity contribution is 0.240. The van der Waals surface area contributed by atoms with Gasteiger partial charge in [-0.3, -0.25) is 9.47 Å². The Labute approximate surface area is 210 Å². The number of nitrogens with one attached hydrogen (secondary N) is 1. The van der Waals surface area contributed by atoms with Crippen molar-refractivity contribution < 1.29 is 18.0 Å². The molecule has 5 nitrogen and oxygen atoms in total. The van der Waals surface area contributed by atoms with Gasteiger partial charge in [-0.2, -0.15) is 4.39 Å². The van der Waals surface area contributed by atoms with E-state index in [0.717, 1.165) is 28.8 Å². The first-order valence-electron chi connectivity index (χ1n) is 11.4. The van der Waals surface area contributed by atoms with Crippen molar-refractivity contribution in [3.63, 3.8) is 0 Å². The van der Waals surface area contributed by atoms with Crippen molar-refractivity contribution in [1.29, 1.82) is 0 Å². The Kier molecular flexibility index (Phi) is 6.80. The molecule has 184 valence electrons. The van der Waals surface area contributed by atoms with Gasteiger partial charge >= 0.3 is 6.03 Å². The topological polar surface area (TPSA) is 50.2 Å². The van der Waals surface area contributed by atoms with Crippen molar-refractivity contribution in [2.24, 2.45) is 0 Å². The van der Waals surface area contributed by atoms with Gasteiger partial charge in [0.25, 0.3) is 0 Å². The molecule has 0 radical (unpaired) electrons. The third-order valence-corrected chi connectivity index (χ3v) is 6.48. The average molecular weight is 511 g/mol. The second-order valence-corrected chi connectivity index (χ2v) is 9.07. The van der Waals surface area contributed by atoms with Crippen LogP contribution in [0.4, 0.5) is 18.0 Å². The summed E-state index contributed by atoms with van der Waals surface area (Å²) in [6, 6.07) is 11.9. The Balaban J connectivity index is 1.36. The van der Waals surface area contributed by atoms with Crippen LogP contribution in [0.1, 0.15) is 22.4 Å². The van der Waals surface area contributed by atoms with Crippen molar-refractivity contribution in [1.82, 2.24) is 19.8 Å². The molecule has 1 aliphatic rings. The number of hydrogen-bond acceptors (Lipinski definition) is 3. The van der Waals surface area contributed by atoms with E-state index in [0.29, 0.717) is 47.7 Å². The van der Waals surface area contributed by atoms with Crippen LogP contribution < -0.4 is 5.32 Å². The standard InChI is InChI=1S/C27H22ClF3N4O/c28-19-4-5-20-21-16-34(10-1-2-17-3-6-22(29)23(30)12-17)11-8-24(21)35(25(20)14-19)27(36)33-15-18-7-9-32-26(31)13-18/h1-7,9,12-14H,8,10-11,15-16H2,(H,33,36)/b2-1+. The van der Waals surface area contributed by atoms with Gasteiger partial charge in [-0.05, 0) is 53.1 Å². The van der Waals surface area contributed by atoms with Crippen LogP contribution in [0.3, 0.4) is 0 Å². The van der Waals surface area contributed by atoms with Crippen molar-refractivity contribution in [3.8, 4) is 0 Å². The number of amides is 1. The third-order valence-electron chi connectivity index (χ3n) is 6.25. The summed E-state index contributed by atoms with van der Waals surface area (Å²) in [5.41, 5.74) is 3.86. The van der Waals surface area contributed by atoms with E-state index in [1.807, 2.05) is 12.1 Å². The van der Waals surface area contributed by atoms with Gasteiger partial charge in [0.2, 0.25) is 5.95 Å². The molecule has 36 heavy (non-hydrogen) atoms. The molecule has 4 aromatic rings. The van der Waals surface area contributed by atoms with Crippen molar-refractivity contribution in [2.45, 2.75) is 19.5 Å². The summed E-state index contributed by atoms with van der Waals surface area (Å²) in [4.78, 5) is 19.0. The van der Waals surface area contributed by atoms with Gasteiger partial charge in [0.1, 0.15) is 0 Å². The van der Waals surface area contributed by atoms with E-state index in [1.54, 1.807) is 28.8 Å². The van der Waals surface area contributed by atoms with Gasteiger partial charge in [-0.25, -0.2) is 18.6 Å². The number of aromatic nitrogens is 2. The maximum absolute atomic E-state index is 13.5. The molecular weight excluding hydrogens is 489 g/mol. The first kappa shape index (κ1) is 24.1. The predicted molar refractivity (Wildman–Crippen MR) is 133 cm³/mol. The first-order chi connectivity index (χ1) is 17.4. The highest BCUT2D eigenvalue weighted by atomic mass is 35.5. The van der Waals surface area contributed by atoms with Gasteiger partial charge in [-0.15, -0.1) is 0 Å². The summed E-state index contributed by atoms with van der Waals surface area (Å²) < 4.78 is 41.7. The van der Waals surface area contributed by atoms with Crippen molar-refractivity contribution in [3.05, 3.63) is 106 Å². The van der Waals surface area contributed by atoms with Crippen LogP contribution in [-0.2, 0) is 19.5 Å². The predicted octanol–water partition coefficient (Wildman–Crippen LogP) is 5.94. The highest BCUT2D eigenvalue weighted by molar-refractivity contribution is 6.31. The minimum Gasteiger partial charge on any atom is -0.333 e. The third kappa shape index (κ3) is 5.01. The lowest BCUT2D eigenvalue weighted by Crippen LogP contribution is -2.34. The largest absolute Gasteiger partial charge is 0.333 e. The number of fused-ring (bicyclic) bond motifs is 3. The quantitative estimate of drug-likeness (QED) is 0.338. The molecule has 0 bridgehead atoms. The van der Waals surface area contributed by atoms with Gasteiger partial charge in [0.05, 0.1) is 5.52 Å². The highest BCUT2D eigenvalue weighted by Crippen LogP contribution is 2.32. The van der Waals surface area contributed by atoms with E-state index in [2.05, 4.69) is 15.2 Å². The van der Waals surface area contributed by atoms with Crippen LogP contribution in [0, 0.1) is 17.6 Å². The summed E-state index contributed by atoms with van der Waals surface area (Å²) in [5, 5.41) is 4.33. The molecule has 0 saturated heterocycles. The maximum Gasteiger partial charge on any atom is 0.326 e. The number of rotatable bonds is 5. The molecule has 5 rings (SSSR count). The van der Waals surface area contributed by atoms with Gasteiger partial charge in [-0.1, -0.05) is 35.9 Å². The Hall–Kier alpha value is -3.62. The summed E-state index contributed by atoms with van der Waals surface area (Å²) in [6.07, 6.45) is 5.67. The molecule has 0 unspecified atom stereocenters. The number of nitrogens with zero attached hydrogens (tertiary/aromatic N) is 3. The van der Waals surface area contributed by atoms with Crippen molar-refractivity contribution in [2.75, 3.05) is 13.1 Å². The minimum absolute atomic E-state index is 0.161. The molecule has 0 saturated carbocycles. The van der Waals surface area contributed by atoms with E-state index in [4.69, 9.17) is 11.6 Å². The number of carbonyl (C=O) groups is 1. The fourth-order valence-electron chi connectivity index (χ4n) is 4.54. The maximum atomic E-state index is 13.5. The normalized spacial score (nSPS) is 13.9. The van der Waals surface area contributed by atoms with E-state index in [1.165, 1.54) is 18.3 Å². The number of halogens is 4. The number of benzene rings is 2. The van der Waals surface area contributed by atoms with Crippen LogP contribution in [0.15, 0.2) is 60.8 Å². The fraction of sp³-hybridized carbons (Fsp3) is 0.185. The highest BCUT2D eigenvalue weighted by Gasteiger charge is 2.26. The van der Waals surface area contributed by atoms with Gasteiger partial charge < -0.3 is 5.32 Å². The Morgan fingerprint density at radius 1 is 1.08 bits per heavy atom. The van der Waals surface area contributed by atoms with Gasteiger partial charge in [0.15, 0.2) is 11.6 Å². The molecule has 9 heteroatoms. The molecule has 1 aliphatic heterocycles. The molecule has 0 atom stereocenters.